The van der Waals surface area contributed by atoms with Crippen LogP contribution >= 0.6 is 15.9 Å². The van der Waals surface area contributed by atoms with Crippen LogP contribution < -0.4 is 9.46 Å². The average molecular weight is 415 g/mol. The van der Waals surface area contributed by atoms with Gasteiger partial charge in [0.2, 0.25) is 0 Å². The summed E-state index contributed by atoms with van der Waals surface area (Å²) >= 11 is 3.41. The van der Waals surface area contributed by atoms with E-state index < -0.39 is 27.3 Å². The number of hydrogen-bond donors (Lipinski definition) is 1. The summed E-state index contributed by atoms with van der Waals surface area (Å²) in [5.41, 5.74) is -1.38. The molecule has 3 aliphatic rings. The van der Waals surface area contributed by atoms with Gasteiger partial charge in [-0.1, -0.05) is 15.9 Å². The average Bonchev–Trinajstić information content (AvgIpc) is 3.24. The first-order valence-corrected chi connectivity index (χ1v) is 10.2. The van der Waals surface area contributed by atoms with E-state index in [2.05, 4.69) is 20.7 Å². The van der Waals surface area contributed by atoms with Crippen LogP contribution in [-0.2, 0) is 20.5 Å². The molecule has 24 heavy (non-hydrogen) atoms. The summed E-state index contributed by atoms with van der Waals surface area (Å²) in [4.78, 5) is 13.2. The summed E-state index contributed by atoms with van der Waals surface area (Å²) in [7, 11) is -3.84. The maximum Gasteiger partial charge on any atom is 0.305 e. The van der Waals surface area contributed by atoms with Gasteiger partial charge in [-0.05, 0) is 50.8 Å². The topological polar surface area (TPSA) is 75.7 Å². The molecule has 6 nitrogen and oxygen atoms in total. The van der Waals surface area contributed by atoms with Gasteiger partial charge in [0.05, 0.1) is 0 Å². The Morgan fingerprint density at radius 3 is 2.75 bits per heavy atom. The predicted molar refractivity (Wildman–Crippen MR) is 91.6 cm³/mol. The third-order valence-electron chi connectivity index (χ3n) is 4.78. The molecular formula is C16H19BrN2O4S. The van der Waals surface area contributed by atoms with E-state index in [-0.39, 0.29) is 18.9 Å². The summed E-state index contributed by atoms with van der Waals surface area (Å²) in [5.74, 6) is 0.430. The molecular weight excluding hydrogens is 396 g/mol. The van der Waals surface area contributed by atoms with Crippen LogP contribution in [0.15, 0.2) is 22.7 Å². The summed E-state index contributed by atoms with van der Waals surface area (Å²) in [5, 5.41) is 0. The van der Waals surface area contributed by atoms with Gasteiger partial charge in [0.25, 0.3) is 5.91 Å². The van der Waals surface area contributed by atoms with Crippen molar-refractivity contribution in [2.75, 3.05) is 6.54 Å². The molecule has 1 aliphatic carbocycles. The summed E-state index contributed by atoms with van der Waals surface area (Å²) in [6, 6.07) is 5.36. The number of rotatable bonds is 2. The number of amides is 1. The number of halogens is 1. The fourth-order valence-corrected chi connectivity index (χ4v) is 5.59. The second-order valence-electron chi connectivity index (χ2n) is 7.47. The van der Waals surface area contributed by atoms with Gasteiger partial charge in [-0.15, -0.1) is 0 Å². The summed E-state index contributed by atoms with van der Waals surface area (Å²) in [6.45, 7) is 4.00. The Balaban J connectivity index is 1.87. The van der Waals surface area contributed by atoms with E-state index >= 15 is 0 Å². The third kappa shape index (κ3) is 2.46. The van der Waals surface area contributed by atoms with Gasteiger partial charge in [0.15, 0.2) is 0 Å². The van der Waals surface area contributed by atoms with Gasteiger partial charge in [0, 0.05) is 23.0 Å². The lowest BCUT2D eigenvalue weighted by atomic mass is 9.77. The molecule has 0 aromatic heterocycles. The van der Waals surface area contributed by atoms with Crippen LogP contribution in [-0.4, -0.2) is 30.8 Å². The first-order chi connectivity index (χ1) is 11.1. The molecule has 1 saturated carbocycles. The molecule has 1 amide bonds. The van der Waals surface area contributed by atoms with Gasteiger partial charge in [0.1, 0.15) is 16.9 Å². The molecule has 1 spiro atoms. The minimum absolute atomic E-state index is 0.253. The SMILES string of the molecule is CC1(C)CC2(NS(=O)(=O)N(CC3CC3)C2=O)c2cc(Br)ccc2O1. The summed E-state index contributed by atoms with van der Waals surface area (Å²) in [6.07, 6.45) is 2.20. The monoisotopic (exact) mass is 414 g/mol. The number of carbonyl (C=O) groups is 1. The molecule has 0 radical (unpaired) electrons. The van der Waals surface area contributed by atoms with Crippen molar-refractivity contribution >= 4 is 32.0 Å². The molecule has 0 bridgehead atoms. The highest BCUT2D eigenvalue weighted by Crippen LogP contribution is 2.49. The second kappa shape index (κ2) is 4.95. The molecule has 1 unspecified atom stereocenters. The number of hydrogen-bond acceptors (Lipinski definition) is 4. The quantitative estimate of drug-likeness (QED) is 0.805. The molecule has 1 aromatic rings. The standard InChI is InChI=1S/C16H19BrN2O4S/c1-15(2)9-16(12-7-11(17)5-6-13(12)23-15)14(20)19(8-10-3-4-10)24(21,22)18-16/h5-7,10,18H,3-4,8-9H2,1-2H3. The van der Waals surface area contributed by atoms with Crippen LogP contribution in [0, 0.1) is 5.92 Å². The number of nitrogens with zero attached hydrogens (tertiary/aromatic N) is 1. The fourth-order valence-electron chi connectivity index (χ4n) is 3.63. The van der Waals surface area contributed by atoms with Crippen LogP contribution in [0.2, 0.25) is 0 Å². The zero-order chi connectivity index (χ0) is 17.3. The van der Waals surface area contributed by atoms with E-state index in [1.54, 1.807) is 12.1 Å². The van der Waals surface area contributed by atoms with Crippen LogP contribution in [0.3, 0.4) is 0 Å². The van der Waals surface area contributed by atoms with Crippen molar-refractivity contribution in [2.45, 2.75) is 44.2 Å². The third-order valence-corrected chi connectivity index (χ3v) is 6.78. The number of nitrogens with one attached hydrogen (secondary N) is 1. The van der Waals surface area contributed by atoms with Crippen molar-refractivity contribution in [3.05, 3.63) is 28.2 Å². The van der Waals surface area contributed by atoms with E-state index in [0.717, 1.165) is 21.6 Å². The van der Waals surface area contributed by atoms with E-state index in [1.165, 1.54) is 0 Å². The van der Waals surface area contributed by atoms with Crippen LogP contribution in [0.4, 0.5) is 0 Å². The minimum atomic E-state index is -3.84. The molecule has 8 heteroatoms. The zero-order valence-corrected chi connectivity index (χ0v) is 15.9. The Kier molecular flexibility index (Phi) is 3.38. The lowest BCUT2D eigenvalue weighted by Gasteiger charge is -2.42. The molecule has 1 aromatic carbocycles. The highest BCUT2D eigenvalue weighted by molar-refractivity contribution is 9.10. The van der Waals surface area contributed by atoms with Crippen molar-refractivity contribution in [2.24, 2.45) is 5.92 Å². The molecule has 130 valence electrons. The van der Waals surface area contributed by atoms with E-state index in [0.29, 0.717) is 11.3 Å². The lowest BCUT2D eigenvalue weighted by Crippen LogP contribution is -2.53. The van der Waals surface area contributed by atoms with Gasteiger partial charge < -0.3 is 4.74 Å². The Morgan fingerprint density at radius 1 is 1.38 bits per heavy atom. The highest BCUT2D eigenvalue weighted by Gasteiger charge is 2.61. The van der Waals surface area contributed by atoms with Gasteiger partial charge in [-0.2, -0.15) is 13.1 Å². The largest absolute Gasteiger partial charge is 0.487 e. The van der Waals surface area contributed by atoms with Crippen molar-refractivity contribution in [1.82, 2.24) is 9.03 Å². The molecule has 1 saturated heterocycles. The zero-order valence-electron chi connectivity index (χ0n) is 13.5. The predicted octanol–water partition coefficient (Wildman–Crippen LogP) is 2.29. The Morgan fingerprint density at radius 2 is 2.08 bits per heavy atom. The minimum Gasteiger partial charge on any atom is -0.487 e. The molecule has 2 heterocycles. The van der Waals surface area contributed by atoms with Crippen LogP contribution in [0.25, 0.3) is 0 Å². The smallest absolute Gasteiger partial charge is 0.305 e. The molecule has 4 rings (SSSR count). The second-order valence-corrected chi connectivity index (χ2v) is 9.98. The van der Waals surface area contributed by atoms with Crippen molar-refractivity contribution < 1.29 is 17.9 Å². The summed E-state index contributed by atoms with van der Waals surface area (Å²) < 4.78 is 35.8. The lowest BCUT2D eigenvalue weighted by molar-refractivity contribution is -0.134. The molecule has 1 N–H and O–H groups in total. The van der Waals surface area contributed by atoms with E-state index in [9.17, 15) is 13.2 Å². The first-order valence-electron chi connectivity index (χ1n) is 7.98. The molecule has 2 fully saturated rings. The molecule has 2 aliphatic heterocycles. The molecule has 1 atom stereocenters. The van der Waals surface area contributed by atoms with Gasteiger partial charge in [-0.3, -0.25) is 4.79 Å². The van der Waals surface area contributed by atoms with E-state index in [4.69, 9.17) is 4.74 Å². The maximum atomic E-state index is 13.2. The van der Waals surface area contributed by atoms with Gasteiger partial charge >= 0.3 is 10.2 Å². The van der Waals surface area contributed by atoms with Gasteiger partial charge in [-0.25, -0.2) is 4.31 Å². The van der Waals surface area contributed by atoms with Crippen LogP contribution in [0.1, 0.15) is 38.7 Å². The highest BCUT2D eigenvalue weighted by atomic mass is 79.9. The van der Waals surface area contributed by atoms with Crippen molar-refractivity contribution in [3.63, 3.8) is 0 Å². The Labute approximate surface area is 149 Å². The van der Waals surface area contributed by atoms with E-state index in [1.807, 2.05) is 19.9 Å². The van der Waals surface area contributed by atoms with Crippen molar-refractivity contribution in [1.29, 1.82) is 0 Å². The number of fused-ring (bicyclic) bond motifs is 2. The maximum absolute atomic E-state index is 13.2. The number of ether oxygens (including phenoxy) is 1. The number of benzene rings is 1. The normalized spacial score (nSPS) is 30.3. The first kappa shape index (κ1) is 16.4. The van der Waals surface area contributed by atoms with Crippen LogP contribution in [0.5, 0.6) is 5.75 Å². The van der Waals surface area contributed by atoms with Crippen molar-refractivity contribution in [3.8, 4) is 5.75 Å². The Bertz CT molecular complexity index is 834. The Hall–Kier alpha value is -1.12. The fraction of sp³-hybridized carbons (Fsp3) is 0.562. The number of carbonyl (C=O) groups excluding carboxylic acids is 1.